The molecule has 28 heavy (non-hydrogen) atoms. The quantitative estimate of drug-likeness (QED) is 0.195. The third-order valence-electron chi connectivity index (χ3n) is 5.61. The summed E-state index contributed by atoms with van der Waals surface area (Å²) in [7, 11) is 3.98. The van der Waals surface area contributed by atoms with E-state index < -0.39 is 11.8 Å². The first kappa shape index (κ1) is 27.1. The average molecular weight is 397 g/mol. The molecule has 0 saturated carbocycles. The Hall–Kier alpha value is -0.900. The Labute approximate surface area is 175 Å². The third kappa shape index (κ3) is 17.2. The van der Waals surface area contributed by atoms with E-state index in [9.17, 15) is 9.59 Å². The molecule has 0 aromatic rings. The fourth-order valence-electron chi connectivity index (χ4n) is 3.75. The van der Waals surface area contributed by atoms with Crippen molar-refractivity contribution < 1.29 is 9.59 Å². The van der Waals surface area contributed by atoms with Crippen molar-refractivity contribution in [1.29, 1.82) is 0 Å². The number of primary amides is 1. The largest absolute Gasteiger partial charge is 0.369 e. The van der Waals surface area contributed by atoms with E-state index in [4.69, 9.17) is 5.73 Å². The van der Waals surface area contributed by atoms with Gasteiger partial charge in [-0.05, 0) is 33.5 Å². The van der Waals surface area contributed by atoms with Crippen molar-refractivity contribution in [2.24, 2.45) is 11.7 Å². The number of nitrogens with two attached hydrogens (primary N) is 1. The second kappa shape index (κ2) is 19.4. The fourth-order valence-corrected chi connectivity index (χ4v) is 3.75. The van der Waals surface area contributed by atoms with E-state index in [0.717, 1.165) is 25.8 Å². The molecule has 0 radical (unpaired) electrons. The zero-order chi connectivity index (χ0) is 21.0. The van der Waals surface area contributed by atoms with Crippen LogP contribution in [0.15, 0.2) is 0 Å². The van der Waals surface area contributed by atoms with Gasteiger partial charge in [0, 0.05) is 6.42 Å². The van der Waals surface area contributed by atoms with Gasteiger partial charge in [0.2, 0.25) is 5.91 Å². The highest BCUT2D eigenvalue weighted by atomic mass is 16.2. The predicted molar refractivity (Wildman–Crippen MR) is 120 cm³/mol. The molecule has 0 saturated heterocycles. The van der Waals surface area contributed by atoms with Gasteiger partial charge in [-0.1, -0.05) is 96.8 Å². The minimum atomic E-state index is -0.570. The van der Waals surface area contributed by atoms with Gasteiger partial charge >= 0.3 is 0 Å². The van der Waals surface area contributed by atoms with Gasteiger partial charge in [0.15, 0.2) is 0 Å². The van der Waals surface area contributed by atoms with E-state index in [1.54, 1.807) is 0 Å². The van der Waals surface area contributed by atoms with Crippen LogP contribution in [-0.2, 0) is 9.59 Å². The van der Waals surface area contributed by atoms with Gasteiger partial charge in [-0.25, -0.2) is 0 Å². The first-order chi connectivity index (χ1) is 13.5. The normalized spacial score (nSPS) is 12.4. The zero-order valence-electron chi connectivity index (χ0n) is 19.1. The molecule has 4 nitrogen and oxygen atoms in total. The Morgan fingerprint density at radius 2 is 1.14 bits per heavy atom. The van der Waals surface area contributed by atoms with Crippen molar-refractivity contribution in [2.45, 2.75) is 116 Å². The Morgan fingerprint density at radius 1 is 0.714 bits per heavy atom. The number of hydrogen-bond acceptors (Lipinski definition) is 3. The number of ketones is 1. The minimum absolute atomic E-state index is 0.0315. The molecule has 1 amide bonds. The molecule has 1 unspecified atom stereocenters. The second-order valence-corrected chi connectivity index (χ2v) is 8.71. The van der Waals surface area contributed by atoms with Crippen LogP contribution in [0, 0.1) is 5.92 Å². The number of rotatable bonds is 21. The number of amides is 1. The van der Waals surface area contributed by atoms with E-state index in [1.165, 1.54) is 77.0 Å². The summed E-state index contributed by atoms with van der Waals surface area (Å²) in [5.41, 5.74) is 5.45. The predicted octanol–water partition coefficient (Wildman–Crippen LogP) is 5.87. The molecule has 166 valence electrons. The molecule has 0 aliphatic rings. The lowest BCUT2D eigenvalue weighted by Crippen LogP contribution is -2.30. The lowest BCUT2D eigenvalue weighted by atomic mass is 9.93. The highest BCUT2D eigenvalue weighted by Gasteiger charge is 2.22. The summed E-state index contributed by atoms with van der Waals surface area (Å²) >= 11 is 0. The molecule has 0 fully saturated rings. The van der Waals surface area contributed by atoms with Crippen LogP contribution >= 0.6 is 0 Å². The highest BCUT2D eigenvalue weighted by Crippen LogP contribution is 2.16. The standard InChI is InChI=1S/C24H48N2O2/c1-4-5-6-7-8-9-10-11-12-13-14-15-16-17-19-22(24(25)28)23(27)20-18-21-26(2)3/h22H,4-21H2,1-3H3,(H2,25,28). The molecule has 0 spiro atoms. The summed E-state index contributed by atoms with van der Waals surface area (Å²) in [6.07, 6.45) is 20.2. The Kier molecular flexibility index (Phi) is 18.8. The van der Waals surface area contributed by atoms with Crippen LogP contribution in [0.2, 0.25) is 0 Å². The summed E-state index contributed by atoms with van der Waals surface area (Å²) < 4.78 is 0. The minimum Gasteiger partial charge on any atom is -0.369 e. The molecule has 0 aliphatic heterocycles. The molecular weight excluding hydrogens is 348 g/mol. The molecule has 0 heterocycles. The van der Waals surface area contributed by atoms with Gasteiger partial charge in [-0.3, -0.25) is 9.59 Å². The number of nitrogens with zero attached hydrogens (tertiary/aromatic N) is 1. The van der Waals surface area contributed by atoms with Gasteiger partial charge in [0.1, 0.15) is 5.78 Å². The van der Waals surface area contributed by atoms with Crippen LogP contribution in [-0.4, -0.2) is 37.2 Å². The molecule has 0 rings (SSSR count). The Balaban J connectivity index is 3.55. The Morgan fingerprint density at radius 3 is 1.54 bits per heavy atom. The van der Waals surface area contributed by atoms with E-state index >= 15 is 0 Å². The third-order valence-corrected chi connectivity index (χ3v) is 5.61. The maximum atomic E-state index is 12.2. The van der Waals surface area contributed by atoms with Crippen molar-refractivity contribution in [2.75, 3.05) is 20.6 Å². The van der Waals surface area contributed by atoms with Crippen molar-refractivity contribution in [1.82, 2.24) is 4.90 Å². The topological polar surface area (TPSA) is 63.4 Å². The summed E-state index contributed by atoms with van der Waals surface area (Å²) in [6, 6.07) is 0. The van der Waals surface area contributed by atoms with Crippen molar-refractivity contribution in [3.8, 4) is 0 Å². The van der Waals surface area contributed by atoms with Gasteiger partial charge < -0.3 is 10.6 Å². The second-order valence-electron chi connectivity index (χ2n) is 8.71. The number of Topliss-reactive ketones (excluding diaryl/α,β-unsaturated/α-hetero) is 1. The number of hydrogen-bond donors (Lipinski definition) is 1. The van der Waals surface area contributed by atoms with Crippen molar-refractivity contribution in [3.63, 3.8) is 0 Å². The van der Waals surface area contributed by atoms with Crippen LogP contribution in [0.3, 0.4) is 0 Å². The molecule has 0 aromatic heterocycles. The number of unbranched alkanes of at least 4 members (excludes halogenated alkanes) is 13. The highest BCUT2D eigenvalue weighted by molar-refractivity contribution is 6.00. The summed E-state index contributed by atoms with van der Waals surface area (Å²) in [5.74, 6) is -0.979. The average Bonchev–Trinajstić information content (AvgIpc) is 2.64. The van der Waals surface area contributed by atoms with Gasteiger partial charge in [-0.15, -0.1) is 0 Å². The molecular formula is C24H48N2O2. The molecule has 0 bridgehead atoms. The first-order valence-electron chi connectivity index (χ1n) is 12.0. The van der Waals surface area contributed by atoms with E-state index in [2.05, 4.69) is 11.8 Å². The number of carbonyl (C=O) groups excluding carboxylic acids is 2. The lowest BCUT2D eigenvalue weighted by Gasteiger charge is -2.13. The van der Waals surface area contributed by atoms with Crippen LogP contribution in [0.5, 0.6) is 0 Å². The van der Waals surface area contributed by atoms with Crippen LogP contribution < -0.4 is 5.73 Å². The maximum Gasteiger partial charge on any atom is 0.227 e. The summed E-state index contributed by atoms with van der Waals surface area (Å²) in [5, 5.41) is 0. The van der Waals surface area contributed by atoms with Crippen LogP contribution in [0.1, 0.15) is 116 Å². The monoisotopic (exact) mass is 396 g/mol. The first-order valence-corrected chi connectivity index (χ1v) is 12.0. The van der Waals surface area contributed by atoms with Gasteiger partial charge in [-0.2, -0.15) is 0 Å². The van der Waals surface area contributed by atoms with Crippen molar-refractivity contribution in [3.05, 3.63) is 0 Å². The van der Waals surface area contributed by atoms with E-state index in [1.807, 2.05) is 14.1 Å². The van der Waals surface area contributed by atoms with Gasteiger partial charge in [0.25, 0.3) is 0 Å². The van der Waals surface area contributed by atoms with Gasteiger partial charge in [0.05, 0.1) is 5.92 Å². The molecule has 0 aliphatic carbocycles. The fraction of sp³-hybridized carbons (Fsp3) is 0.917. The SMILES string of the molecule is CCCCCCCCCCCCCCCCC(C(N)=O)C(=O)CCCN(C)C. The van der Waals surface area contributed by atoms with Crippen LogP contribution in [0.25, 0.3) is 0 Å². The van der Waals surface area contributed by atoms with E-state index in [-0.39, 0.29) is 5.78 Å². The Bertz CT molecular complexity index is 383. The van der Waals surface area contributed by atoms with Crippen molar-refractivity contribution >= 4 is 11.7 Å². The zero-order valence-corrected chi connectivity index (χ0v) is 19.1. The lowest BCUT2D eigenvalue weighted by molar-refractivity contribution is -0.132. The smallest absolute Gasteiger partial charge is 0.227 e. The van der Waals surface area contributed by atoms with Crippen LogP contribution in [0.4, 0.5) is 0 Å². The number of carbonyl (C=O) groups is 2. The molecule has 4 heteroatoms. The summed E-state index contributed by atoms with van der Waals surface area (Å²) in [4.78, 5) is 25.9. The summed E-state index contributed by atoms with van der Waals surface area (Å²) in [6.45, 7) is 3.14. The van der Waals surface area contributed by atoms with E-state index in [0.29, 0.717) is 12.8 Å². The molecule has 1 atom stereocenters. The molecule has 2 N–H and O–H groups in total. The maximum absolute atomic E-state index is 12.2. The molecule has 0 aromatic carbocycles.